The van der Waals surface area contributed by atoms with Crippen molar-refractivity contribution in [2.45, 2.75) is 20.8 Å². The first-order valence-corrected chi connectivity index (χ1v) is 10.0. The molecule has 0 aliphatic rings. The van der Waals surface area contributed by atoms with Gasteiger partial charge in [0.2, 0.25) is 5.91 Å². The van der Waals surface area contributed by atoms with Crippen LogP contribution in [0.5, 0.6) is 0 Å². The van der Waals surface area contributed by atoms with Crippen LogP contribution >= 0.6 is 11.6 Å². The molecule has 0 aliphatic heterocycles. The summed E-state index contributed by atoms with van der Waals surface area (Å²) in [5.41, 5.74) is 8.55. The predicted octanol–water partition coefficient (Wildman–Crippen LogP) is 4.31. The van der Waals surface area contributed by atoms with Crippen LogP contribution in [0.25, 0.3) is 33.5 Å². The molecule has 9 heteroatoms. The lowest BCUT2D eigenvalue weighted by Gasteiger charge is -2.19. The molecule has 31 heavy (non-hydrogen) atoms. The van der Waals surface area contributed by atoms with E-state index < -0.39 is 5.41 Å². The maximum atomic E-state index is 12.5. The van der Waals surface area contributed by atoms with E-state index >= 15 is 0 Å². The number of anilines is 2. The van der Waals surface area contributed by atoms with E-state index in [9.17, 15) is 4.79 Å². The topological polar surface area (TPSA) is 112 Å². The van der Waals surface area contributed by atoms with Crippen molar-refractivity contribution in [3.63, 3.8) is 0 Å². The lowest BCUT2D eigenvalue weighted by Crippen LogP contribution is -2.28. The van der Waals surface area contributed by atoms with Gasteiger partial charge in [-0.05, 0) is 24.3 Å². The van der Waals surface area contributed by atoms with Gasteiger partial charge in [0, 0.05) is 35.8 Å². The molecule has 4 rings (SSSR count). The van der Waals surface area contributed by atoms with E-state index in [-0.39, 0.29) is 17.5 Å². The average Bonchev–Trinajstić information content (AvgIpc) is 3.14. The number of hydrogen-bond donors (Lipinski definition) is 2. The van der Waals surface area contributed by atoms with Crippen molar-refractivity contribution in [2.24, 2.45) is 12.5 Å². The zero-order valence-electron chi connectivity index (χ0n) is 17.6. The van der Waals surface area contributed by atoms with Crippen molar-refractivity contribution in [3.8, 4) is 22.6 Å². The van der Waals surface area contributed by atoms with Gasteiger partial charge in [-0.3, -0.25) is 14.5 Å². The molecular weight excluding hydrogens is 414 g/mol. The SMILES string of the molecule is Cn1ccc(-c2nc(N)c(NC(=O)C(C)(C)C)nc2-c2cc(Cl)c3ncccc3c2)n1. The molecule has 0 saturated heterocycles. The maximum absolute atomic E-state index is 12.5. The van der Waals surface area contributed by atoms with Gasteiger partial charge >= 0.3 is 0 Å². The van der Waals surface area contributed by atoms with Crippen LogP contribution in [-0.4, -0.2) is 30.6 Å². The number of nitrogens with two attached hydrogens (primary N) is 1. The number of aromatic nitrogens is 5. The third kappa shape index (κ3) is 4.06. The molecule has 0 spiro atoms. The van der Waals surface area contributed by atoms with Gasteiger partial charge < -0.3 is 11.1 Å². The average molecular weight is 436 g/mol. The summed E-state index contributed by atoms with van der Waals surface area (Å²) in [4.78, 5) is 26.1. The van der Waals surface area contributed by atoms with Gasteiger partial charge in [-0.25, -0.2) is 9.97 Å². The van der Waals surface area contributed by atoms with E-state index in [0.29, 0.717) is 33.2 Å². The maximum Gasteiger partial charge on any atom is 0.231 e. The van der Waals surface area contributed by atoms with Crippen LogP contribution in [0.3, 0.4) is 0 Å². The Morgan fingerprint density at radius 2 is 1.94 bits per heavy atom. The number of hydrogen-bond acceptors (Lipinski definition) is 6. The van der Waals surface area contributed by atoms with E-state index in [0.717, 1.165) is 5.39 Å². The normalized spacial score (nSPS) is 11.6. The Morgan fingerprint density at radius 3 is 2.61 bits per heavy atom. The first-order valence-electron chi connectivity index (χ1n) is 9.67. The number of rotatable bonds is 3. The van der Waals surface area contributed by atoms with E-state index in [2.05, 4.69) is 25.4 Å². The Kier molecular flexibility index (Phi) is 5.10. The minimum Gasteiger partial charge on any atom is -0.381 e. The Bertz CT molecular complexity index is 1310. The molecule has 0 unspecified atom stereocenters. The molecule has 8 nitrogen and oxygen atoms in total. The zero-order chi connectivity index (χ0) is 22.3. The number of carbonyl (C=O) groups is 1. The molecule has 0 bridgehead atoms. The van der Waals surface area contributed by atoms with Crippen LogP contribution in [-0.2, 0) is 11.8 Å². The third-order valence-electron chi connectivity index (χ3n) is 4.72. The molecule has 0 fully saturated rings. The first kappa shape index (κ1) is 20.7. The smallest absolute Gasteiger partial charge is 0.231 e. The fraction of sp³-hybridized carbons (Fsp3) is 0.227. The summed E-state index contributed by atoms with van der Waals surface area (Å²) in [6, 6.07) is 9.29. The number of pyridine rings is 1. The highest BCUT2D eigenvalue weighted by atomic mass is 35.5. The predicted molar refractivity (Wildman–Crippen MR) is 122 cm³/mol. The molecule has 0 saturated carbocycles. The quantitative estimate of drug-likeness (QED) is 0.495. The number of amides is 1. The van der Waals surface area contributed by atoms with Gasteiger partial charge in [0.05, 0.1) is 10.5 Å². The molecule has 0 atom stereocenters. The van der Waals surface area contributed by atoms with Crippen LogP contribution in [0.4, 0.5) is 11.6 Å². The Balaban J connectivity index is 1.94. The molecule has 3 heterocycles. The van der Waals surface area contributed by atoms with Gasteiger partial charge in [0.25, 0.3) is 0 Å². The fourth-order valence-electron chi connectivity index (χ4n) is 3.04. The van der Waals surface area contributed by atoms with Gasteiger partial charge in [-0.15, -0.1) is 0 Å². The lowest BCUT2D eigenvalue weighted by atomic mass is 9.96. The summed E-state index contributed by atoms with van der Waals surface area (Å²) in [7, 11) is 1.82. The number of nitrogens with one attached hydrogen (secondary N) is 1. The Labute approximate surface area is 184 Å². The van der Waals surface area contributed by atoms with E-state index in [4.69, 9.17) is 17.3 Å². The molecule has 3 N–H and O–H groups in total. The van der Waals surface area contributed by atoms with E-state index in [1.165, 1.54) is 0 Å². The number of halogens is 1. The zero-order valence-corrected chi connectivity index (χ0v) is 18.4. The Morgan fingerprint density at radius 1 is 1.16 bits per heavy atom. The van der Waals surface area contributed by atoms with E-state index in [1.807, 2.05) is 58.3 Å². The van der Waals surface area contributed by atoms with E-state index in [1.54, 1.807) is 16.9 Å². The number of nitrogen functional groups attached to an aromatic ring is 1. The molecule has 158 valence electrons. The van der Waals surface area contributed by atoms with Crippen LogP contribution in [0, 0.1) is 5.41 Å². The summed E-state index contributed by atoms with van der Waals surface area (Å²) in [6.07, 6.45) is 3.50. The fourth-order valence-corrected chi connectivity index (χ4v) is 3.32. The second-order valence-corrected chi connectivity index (χ2v) is 8.67. The summed E-state index contributed by atoms with van der Waals surface area (Å²) in [5.74, 6) is 0.0818. The molecular formula is C22H22ClN7O. The highest BCUT2D eigenvalue weighted by Crippen LogP contribution is 2.35. The summed E-state index contributed by atoms with van der Waals surface area (Å²) < 4.78 is 1.67. The molecule has 1 aromatic carbocycles. The minimum atomic E-state index is -0.619. The van der Waals surface area contributed by atoms with Crippen LogP contribution in [0.15, 0.2) is 42.7 Å². The number of benzene rings is 1. The number of nitrogens with zero attached hydrogens (tertiary/aromatic N) is 5. The molecule has 1 amide bonds. The van der Waals surface area contributed by atoms with Gasteiger partial charge in [0.1, 0.15) is 17.1 Å². The second-order valence-electron chi connectivity index (χ2n) is 8.27. The van der Waals surface area contributed by atoms with Crippen molar-refractivity contribution in [2.75, 3.05) is 11.1 Å². The van der Waals surface area contributed by atoms with Gasteiger partial charge in [-0.2, -0.15) is 5.10 Å². The molecule has 0 aliphatic carbocycles. The van der Waals surface area contributed by atoms with Crippen LogP contribution in [0.1, 0.15) is 20.8 Å². The third-order valence-corrected chi connectivity index (χ3v) is 5.01. The second kappa shape index (κ2) is 7.63. The van der Waals surface area contributed by atoms with Gasteiger partial charge in [0.15, 0.2) is 11.6 Å². The molecule has 4 aromatic rings. The molecule has 0 radical (unpaired) electrons. The van der Waals surface area contributed by atoms with Crippen molar-refractivity contribution < 1.29 is 4.79 Å². The van der Waals surface area contributed by atoms with Crippen LogP contribution in [0.2, 0.25) is 5.02 Å². The number of aryl methyl sites for hydroxylation is 1. The highest BCUT2D eigenvalue weighted by Gasteiger charge is 2.25. The Hall–Kier alpha value is -3.52. The number of carbonyl (C=O) groups excluding carboxylic acids is 1. The van der Waals surface area contributed by atoms with Crippen molar-refractivity contribution in [3.05, 3.63) is 47.7 Å². The monoisotopic (exact) mass is 435 g/mol. The number of fused-ring (bicyclic) bond motifs is 1. The standard InChI is InChI=1S/C22H22ClN7O/c1-22(2,3)21(31)28-20-19(24)26-18(15-7-9-30(4)29-15)17(27-20)13-10-12-6-5-8-25-16(12)14(23)11-13/h5-11H,1-4H3,(H2,24,26)(H,27,28,31). The largest absolute Gasteiger partial charge is 0.381 e. The summed E-state index contributed by atoms with van der Waals surface area (Å²) in [6.45, 7) is 5.43. The summed E-state index contributed by atoms with van der Waals surface area (Å²) in [5, 5.41) is 8.58. The van der Waals surface area contributed by atoms with Crippen molar-refractivity contribution in [1.29, 1.82) is 0 Å². The minimum absolute atomic E-state index is 0.107. The van der Waals surface area contributed by atoms with Crippen LogP contribution < -0.4 is 11.1 Å². The van der Waals surface area contributed by atoms with Crippen molar-refractivity contribution in [1.82, 2.24) is 24.7 Å². The highest BCUT2D eigenvalue weighted by molar-refractivity contribution is 6.35. The first-order chi connectivity index (χ1) is 14.6. The molecule has 3 aromatic heterocycles. The lowest BCUT2D eigenvalue weighted by molar-refractivity contribution is -0.123. The van der Waals surface area contributed by atoms with Gasteiger partial charge in [-0.1, -0.05) is 38.4 Å². The summed E-state index contributed by atoms with van der Waals surface area (Å²) >= 11 is 6.50. The van der Waals surface area contributed by atoms with Crippen molar-refractivity contribution >= 4 is 40.0 Å².